The fraction of sp³-hybridized carbons (Fsp3) is 0.333. The Balaban J connectivity index is 1.28. The van der Waals surface area contributed by atoms with Crippen LogP contribution in [0.2, 0.25) is 5.15 Å². The van der Waals surface area contributed by atoms with Crippen molar-refractivity contribution in [2.24, 2.45) is 5.92 Å². The highest BCUT2D eigenvalue weighted by Crippen LogP contribution is 2.35. The van der Waals surface area contributed by atoms with Crippen LogP contribution in [0.25, 0.3) is 0 Å². The standard InChI is InChI=1S/C27H28ClFN4O/c28-26-24(7-4-12-30-26)27(34)33-18-21(25(19-33)20-5-2-1-3-6-20)17-31-13-15-32(16-14-31)23-10-8-22(29)9-11-23/h1-12,21,25H,13-19H2/t21-,25+/m1/s1. The summed E-state index contributed by atoms with van der Waals surface area (Å²) in [5, 5.41) is 0.254. The summed E-state index contributed by atoms with van der Waals surface area (Å²) in [5.74, 6) is 0.347. The quantitative estimate of drug-likeness (QED) is 0.504. The number of amides is 1. The number of likely N-dealkylation sites (tertiary alicyclic amines) is 1. The first-order valence-electron chi connectivity index (χ1n) is 11.8. The molecule has 5 nitrogen and oxygen atoms in total. The minimum absolute atomic E-state index is 0.0531. The molecule has 0 radical (unpaired) electrons. The highest BCUT2D eigenvalue weighted by atomic mass is 35.5. The second-order valence-corrected chi connectivity index (χ2v) is 9.45. The van der Waals surface area contributed by atoms with Crippen molar-refractivity contribution >= 4 is 23.2 Å². The highest BCUT2D eigenvalue weighted by molar-refractivity contribution is 6.32. The zero-order valence-corrected chi connectivity index (χ0v) is 19.7. The SMILES string of the molecule is O=C(c1cccnc1Cl)N1C[C@@H](CN2CCN(c3ccc(F)cc3)CC2)[C@H](c2ccccc2)C1. The number of rotatable bonds is 5. The van der Waals surface area contributed by atoms with Gasteiger partial charge in [0.2, 0.25) is 0 Å². The molecule has 0 unspecified atom stereocenters. The third kappa shape index (κ3) is 4.93. The van der Waals surface area contributed by atoms with E-state index in [4.69, 9.17) is 11.6 Å². The molecule has 0 bridgehead atoms. The Morgan fingerprint density at radius 3 is 2.38 bits per heavy atom. The van der Waals surface area contributed by atoms with Crippen LogP contribution in [0.15, 0.2) is 72.9 Å². The van der Waals surface area contributed by atoms with Crippen molar-refractivity contribution in [2.75, 3.05) is 50.7 Å². The fourth-order valence-corrected chi connectivity index (χ4v) is 5.39. The molecule has 3 heterocycles. The number of carbonyl (C=O) groups is 1. The van der Waals surface area contributed by atoms with Gasteiger partial charge >= 0.3 is 0 Å². The summed E-state index contributed by atoms with van der Waals surface area (Å²) in [6, 6.07) is 20.7. The first-order chi connectivity index (χ1) is 16.6. The second kappa shape index (κ2) is 10.1. The van der Waals surface area contributed by atoms with Crippen LogP contribution >= 0.6 is 11.6 Å². The number of hydrogen-bond acceptors (Lipinski definition) is 4. The van der Waals surface area contributed by atoms with Crippen LogP contribution in [0, 0.1) is 11.7 Å². The molecule has 2 atom stereocenters. The van der Waals surface area contributed by atoms with Gasteiger partial charge in [-0.1, -0.05) is 41.9 Å². The maximum Gasteiger partial charge on any atom is 0.257 e. The molecule has 0 saturated carbocycles. The van der Waals surface area contributed by atoms with Crippen LogP contribution in [0.1, 0.15) is 21.8 Å². The normalized spacial score (nSPS) is 21.1. The molecule has 2 aliphatic heterocycles. The fourth-order valence-electron chi connectivity index (χ4n) is 5.19. The lowest BCUT2D eigenvalue weighted by Gasteiger charge is -2.37. The Hall–Kier alpha value is -2.96. The van der Waals surface area contributed by atoms with Crippen molar-refractivity contribution in [3.8, 4) is 0 Å². The monoisotopic (exact) mass is 478 g/mol. The van der Waals surface area contributed by atoms with Crippen molar-refractivity contribution in [3.63, 3.8) is 0 Å². The van der Waals surface area contributed by atoms with Gasteiger partial charge in [0.15, 0.2) is 0 Å². The number of nitrogens with zero attached hydrogens (tertiary/aromatic N) is 4. The number of piperazine rings is 1. The first-order valence-corrected chi connectivity index (χ1v) is 12.1. The number of halogens is 2. The van der Waals surface area contributed by atoms with E-state index >= 15 is 0 Å². The number of hydrogen-bond donors (Lipinski definition) is 0. The van der Waals surface area contributed by atoms with E-state index in [0.29, 0.717) is 24.6 Å². The summed E-state index contributed by atoms with van der Waals surface area (Å²) in [4.78, 5) is 24.1. The molecule has 3 aromatic rings. The maximum absolute atomic E-state index is 13.3. The topological polar surface area (TPSA) is 39.7 Å². The lowest BCUT2D eigenvalue weighted by molar-refractivity contribution is 0.0782. The second-order valence-electron chi connectivity index (χ2n) is 9.09. The molecule has 176 valence electrons. The smallest absolute Gasteiger partial charge is 0.257 e. The van der Waals surface area contributed by atoms with E-state index in [1.165, 1.54) is 17.7 Å². The van der Waals surface area contributed by atoms with Crippen LogP contribution in [0.3, 0.4) is 0 Å². The van der Waals surface area contributed by atoms with Crippen molar-refractivity contribution < 1.29 is 9.18 Å². The number of benzene rings is 2. The zero-order chi connectivity index (χ0) is 23.5. The van der Waals surface area contributed by atoms with Crippen LogP contribution in [-0.2, 0) is 0 Å². The Morgan fingerprint density at radius 2 is 1.68 bits per heavy atom. The van der Waals surface area contributed by atoms with E-state index in [1.54, 1.807) is 18.3 Å². The van der Waals surface area contributed by atoms with Gasteiger partial charge in [0.25, 0.3) is 5.91 Å². The third-order valence-electron chi connectivity index (χ3n) is 7.00. The molecule has 0 N–H and O–H groups in total. The van der Waals surface area contributed by atoms with Crippen molar-refractivity contribution in [3.05, 3.63) is 95.0 Å². The van der Waals surface area contributed by atoms with Crippen LogP contribution < -0.4 is 4.90 Å². The number of anilines is 1. The lowest BCUT2D eigenvalue weighted by Crippen LogP contribution is -2.48. The zero-order valence-electron chi connectivity index (χ0n) is 19.0. The largest absolute Gasteiger partial charge is 0.369 e. The van der Waals surface area contributed by atoms with E-state index in [1.807, 2.05) is 23.1 Å². The van der Waals surface area contributed by atoms with Gasteiger partial charge in [0, 0.05) is 63.6 Å². The minimum atomic E-state index is -0.206. The lowest BCUT2D eigenvalue weighted by atomic mass is 9.88. The van der Waals surface area contributed by atoms with E-state index in [2.05, 4.69) is 39.0 Å². The van der Waals surface area contributed by atoms with E-state index < -0.39 is 0 Å². The molecule has 7 heteroatoms. The molecule has 0 aliphatic carbocycles. The third-order valence-corrected chi connectivity index (χ3v) is 7.30. The Kier molecular flexibility index (Phi) is 6.79. The van der Waals surface area contributed by atoms with Gasteiger partial charge in [-0.15, -0.1) is 0 Å². The summed E-state index contributed by atoms with van der Waals surface area (Å²) in [7, 11) is 0. The molecule has 1 aromatic heterocycles. The molecule has 2 aromatic carbocycles. The summed E-state index contributed by atoms with van der Waals surface area (Å²) in [6.07, 6.45) is 1.60. The molecular weight excluding hydrogens is 451 g/mol. The predicted molar refractivity (Wildman–Crippen MR) is 133 cm³/mol. The van der Waals surface area contributed by atoms with E-state index in [-0.39, 0.29) is 22.8 Å². The average molecular weight is 479 g/mol. The van der Waals surface area contributed by atoms with Gasteiger partial charge in [-0.05, 0) is 47.9 Å². The first kappa shape index (κ1) is 22.8. The van der Waals surface area contributed by atoms with Crippen molar-refractivity contribution in [1.29, 1.82) is 0 Å². The molecule has 0 spiro atoms. The Labute approximate surface area is 204 Å². The number of carbonyl (C=O) groups excluding carboxylic acids is 1. The maximum atomic E-state index is 13.3. The molecule has 5 rings (SSSR count). The minimum Gasteiger partial charge on any atom is -0.369 e. The van der Waals surface area contributed by atoms with Crippen LogP contribution in [0.5, 0.6) is 0 Å². The van der Waals surface area contributed by atoms with Crippen LogP contribution in [-0.4, -0.2) is 66.5 Å². The van der Waals surface area contributed by atoms with Gasteiger partial charge in [0.05, 0.1) is 5.56 Å². The summed E-state index contributed by atoms with van der Waals surface area (Å²) in [6.45, 7) is 6.00. The van der Waals surface area contributed by atoms with Gasteiger partial charge in [0.1, 0.15) is 11.0 Å². The number of pyridine rings is 1. The Bertz CT molecular complexity index is 1120. The summed E-state index contributed by atoms with van der Waals surface area (Å²) < 4.78 is 13.3. The van der Waals surface area contributed by atoms with Crippen molar-refractivity contribution in [1.82, 2.24) is 14.8 Å². The van der Waals surface area contributed by atoms with Crippen molar-refractivity contribution in [2.45, 2.75) is 5.92 Å². The van der Waals surface area contributed by atoms with Gasteiger partial charge in [-0.2, -0.15) is 0 Å². The summed E-state index contributed by atoms with van der Waals surface area (Å²) in [5.41, 5.74) is 2.80. The highest BCUT2D eigenvalue weighted by Gasteiger charge is 2.38. The van der Waals surface area contributed by atoms with Gasteiger partial charge < -0.3 is 9.80 Å². The van der Waals surface area contributed by atoms with Crippen LogP contribution in [0.4, 0.5) is 10.1 Å². The molecule has 34 heavy (non-hydrogen) atoms. The Morgan fingerprint density at radius 1 is 0.941 bits per heavy atom. The molecule has 2 saturated heterocycles. The number of aromatic nitrogens is 1. The van der Waals surface area contributed by atoms with Gasteiger partial charge in [-0.3, -0.25) is 9.69 Å². The van der Waals surface area contributed by atoms with E-state index in [9.17, 15) is 9.18 Å². The molecule has 2 aliphatic rings. The average Bonchev–Trinajstić information content (AvgIpc) is 3.29. The molecule has 1 amide bonds. The molecule has 2 fully saturated rings. The predicted octanol–water partition coefficient (Wildman–Crippen LogP) is 4.55. The molecular formula is C27H28ClFN4O. The summed E-state index contributed by atoms with van der Waals surface area (Å²) >= 11 is 6.22. The van der Waals surface area contributed by atoms with E-state index in [0.717, 1.165) is 38.4 Å². The van der Waals surface area contributed by atoms with Gasteiger partial charge in [-0.25, -0.2) is 9.37 Å².